The van der Waals surface area contributed by atoms with E-state index in [0.717, 1.165) is 32.0 Å². The third-order valence-electron chi connectivity index (χ3n) is 5.07. The van der Waals surface area contributed by atoms with Crippen molar-refractivity contribution in [1.82, 2.24) is 15.3 Å². The third-order valence-corrected chi connectivity index (χ3v) is 5.07. The molecule has 2 N–H and O–H groups in total. The van der Waals surface area contributed by atoms with E-state index in [1.807, 2.05) is 12.4 Å². The lowest BCUT2D eigenvalue weighted by Crippen LogP contribution is -2.25. The highest BCUT2D eigenvalue weighted by Crippen LogP contribution is 2.19. The molecule has 0 radical (unpaired) electrons. The highest BCUT2D eigenvalue weighted by molar-refractivity contribution is 5.82. The second kappa shape index (κ2) is 7.70. The van der Waals surface area contributed by atoms with Crippen LogP contribution in [0.25, 0.3) is 10.9 Å². The van der Waals surface area contributed by atoms with E-state index in [9.17, 15) is 0 Å². The van der Waals surface area contributed by atoms with Gasteiger partial charge in [0.2, 0.25) is 0 Å². The quantitative estimate of drug-likeness (QED) is 0.734. The Morgan fingerprint density at radius 1 is 1.00 bits per heavy atom. The number of nitrogens with one attached hydrogen (secondary N) is 2. The molecule has 1 aliphatic heterocycles. The molecule has 0 spiro atoms. The van der Waals surface area contributed by atoms with Crippen molar-refractivity contribution < 1.29 is 0 Å². The first kappa shape index (κ1) is 16.2. The van der Waals surface area contributed by atoms with E-state index in [4.69, 9.17) is 0 Å². The number of aromatic nitrogens is 2. The number of hydrogen-bond donors (Lipinski definition) is 2. The first-order chi connectivity index (χ1) is 12.4. The predicted molar refractivity (Wildman–Crippen MR) is 104 cm³/mol. The molecule has 1 saturated heterocycles. The van der Waals surface area contributed by atoms with Gasteiger partial charge in [-0.25, -0.2) is 4.98 Å². The lowest BCUT2D eigenvalue weighted by atomic mass is 10.1. The lowest BCUT2D eigenvalue weighted by molar-refractivity contribution is 0.694. The monoisotopic (exact) mass is 334 g/mol. The van der Waals surface area contributed by atoms with Crippen molar-refractivity contribution in [3.05, 3.63) is 59.9 Å². The maximum absolute atomic E-state index is 4.60. The van der Waals surface area contributed by atoms with Crippen molar-refractivity contribution in [3.63, 3.8) is 0 Å². The Hall–Kier alpha value is -2.33. The Morgan fingerprint density at radius 3 is 2.76 bits per heavy atom. The van der Waals surface area contributed by atoms with Gasteiger partial charge in [-0.1, -0.05) is 25.0 Å². The van der Waals surface area contributed by atoms with Crippen molar-refractivity contribution in [3.8, 4) is 0 Å². The predicted octanol–water partition coefficient (Wildman–Crippen LogP) is 4.23. The van der Waals surface area contributed by atoms with Gasteiger partial charge in [-0.3, -0.25) is 0 Å². The van der Waals surface area contributed by atoms with Crippen LogP contribution in [0.5, 0.6) is 0 Å². The van der Waals surface area contributed by atoms with E-state index in [2.05, 4.69) is 56.6 Å². The number of rotatable bonds is 5. The van der Waals surface area contributed by atoms with Crippen molar-refractivity contribution in [2.45, 2.75) is 38.8 Å². The highest BCUT2D eigenvalue weighted by Gasteiger charge is 2.11. The molecule has 0 saturated carbocycles. The topological polar surface area (TPSA) is 44.0 Å². The number of anilines is 1. The summed E-state index contributed by atoms with van der Waals surface area (Å²) in [5.74, 6) is 1.13. The SMILES string of the molecule is c1cc(CNCc2ccnc(N3CCCCCC3)c2)c2cc[nH]c2c1. The molecule has 0 atom stereocenters. The average Bonchev–Trinajstić information content (AvgIpc) is 2.96. The third kappa shape index (κ3) is 3.85. The largest absolute Gasteiger partial charge is 0.361 e. The van der Waals surface area contributed by atoms with Crippen molar-refractivity contribution in [1.29, 1.82) is 0 Å². The summed E-state index contributed by atoms with van der Waals surface area (Å²) >= 11 is 0. The fourth-order valence-corrected chi connectivity index (χ4v) is 3.69. The second-order valence-corrected chi connectivity index (χ2v) is 6.88. The van der Waals surface area contributed by atoms with Crippen LogP contribution >= 0.6 is 0 Å². The van der Waals surface area contributed by atoms with Gasteiger partial charge in [0.1, 0.15) is 5.82 Å². The van der Waals surface area contributed by atoms with Crippen LogP contribution in [0.1, 0.15) is 36.8 Å². The molecule has 3 heterocycles. The Morgan fingerprint density at radius 2 is 1.88 bits per heavy atom. The average molecular weight is 334 g/mol. The van der Waals surface area contributed by atoms with Gasteiger partial charge >= 0.3 is 0 Å². The zero-order valence-electron chi connectivity index (χ0n) is 14.7. The Kier molecular flexibility index (Phi) is 4.98. The standard InChI is InChI=1S/C21H26N4/c1-2-4-13-25(12-3-1)21-14-17(8-10-24-21)15-22-16-18-6-5-7-20-19(18)9-11-23-20/h5-11,14,22-23H,1-4,12-13,15-16H2. The van der Waals surface area contributed by atoms with Crippen molar-refractivity contribution in [2.75, 3.05) is 18.0 Å². The molecule has 3 aromatic rings. The van der Waals surface area contributed by atoms with E-state index >= 15 is 0 Å². The van der Waals surface area contributed by atoms with Crippen molar-refractivity contribution in [2.24, 2.45) is 0 Å². The molecule has 25 heavy (non-hydrogen) atoms. The zero-order chi connectivity index (χ0) is 16.9. The molecule has 1 aliphatic rings. The van der Waals surface area contributed by atoms with E-state index in [-0.39, 0.29) is 0 Å². The van der Waals surface area contributed by atoms with E-state index in [1.165, 1.54) is 47.7 Å². The smallest absolute Gasteiger partial charge is 0.128 e. The van der Waals surface area contributed by atoms with Crippen LogP contribution in [0.3, 0.4) is 0 Å². The molecular formula is C21H26N4. The first-order valence-electron chi connectivity index (χ1n) is 9.36. The van der Waals surface area contributed by atoms with E-state index in [0.29, 0.717) is 0 Å². The summed E-state index contributed by atoms with van der Waals surface area (Å²) in [5.41, 5.74) is 3.84. The summed E-state index contributed by atoms with van der Waals surface area (Å²) in [6.45, 7) is 4.01. The van der Waals surface area contributed by atoms with Crippen LogP contribution in [0.15, 0.2) is 48.8 Å². The van der Waals surface area contributed by atoms with Gasteiger partial charge in [0.15, 0.2) is 0 Å². The summed E-state index contributed by atoms with van der Waals surface area (Å²) in [4.78, 5) is 10.3. The number of fused-ring (bicyclic) bond motifs is 1. The van der Waals surface area contributed by atoms with Gasteiger partial charge in [-0.05, 0) is 48.2 Å². The van der Waals surface area contributed by atoms with Crippen LogP contribution in [0, 0.1) is 0 Å². The molecule has 0 bridgehead atoms. The zero-order valence-corrected chi connectivity index (χ0v) is 14.7. The molecule has 4 nitrogen and oxygen atoms in total. The lowest BCUT2D eigenvalue weighted by Gasteiger charge is -2.21. The number of H-pyrrole nitrogens is 1. The summed E-state index contributed by atoms with van der Waals surface area (Å²) in [6.07, 6.45) is 9.22. The minimum atomic E-state index is 0.865. The number of pyridine rings is 1. The Balaban J connectivity index is 1.39. The molecule has 4 rings (SSSR count). The molecule has 4 heteroatoms. The highest BCUT2D eigenvalue weighted by atomic mass is 15.2. The van der Waals surface area contributed by atoms with Crippen molar-refractivity contribution >= 4 is 16.7 Å². The summed E-state index contributed by atoms with van der Waals surface area (Å²) < 4.78 is 0. The molecular weight excluding hydrogens is 308 g/mol. The Labute approximate surface area is 149 Å². The molecule has 2 aromatic heterocycles. The molecule has 0 unspecified atom stereocenters. The number of hydrogen-bond acceptors (Lipinski definition) is 3. The van der Waals surface area contributed by atoms with Gasteiger partial charge in [0.05, 0.1) is 0 Å². The van der Waals surface area contributed by atoms with E-state index < -0.39 is 0 Å². The van der Waals surface area contributed by atoms with Crippen LogP contribution in [0.4, 0.5) is 5.82 Å². The maximum atomic E-state index is 4.60. The summed E-state index contributed by atoms with van der Waals surface area (Å²) in [6, 6.07) is 12.9. The number of aromatic amines is 1. The molecule has 1 fully saturated rings. The van der Waals surface area contributed by atoms with Crippen LogP contribution < -0.4 is 10.2 Å². The summed E-state index contributed by atoms with van der Waals surface area (Å²) in [5, 5.41) is 4.88. The van der Waals surface area contributed by atoms with Gasteiger partial charge in [0.25, 0.3) is 0 Å². The van der Waals surface area contributed by atoms with Gasteiger partial charge in [-0.2, -0.15) is 0 Å². The van der Waals surface area contributed by atoms with Crippen LogP contribution in [0.2, 0.25) is 0 Å². The normalized spacial score (nSPS) is 15.4. The maximum Gasteiger partial charge on any atom is 0.128 e. The molecule has 1 aromatic carbocycles. The number of nitrogens with zero attached hydrogens (tertiary/aromatic N) is 2. The van der Waals surface area contributed by atoms with Gasteiger partial charge in [0, 0.05) is 49.5 Å². The fourth-order valence-electron chi connectivity index (χ4n) is 3.69. The fraction of sp³-hybridized carbons (Fsp3) is 0.381. The molecule has 0 amide bonds. The second-order valence-electron chi connectivity index (χ2n) is 6.88. The number of benzene rings is 1. The Bertz CT molecular complexity index is 815. The van der Waals surface area contributed by atoms with E-state index in [1.54, 1.807) is 0 Å². The summed E-state index contributed by atoms with van der Waals surface area (Å²) in [7, 11) is 0. The minimum Gasteiger partial charge on any atom is -0.361 e. The van der Waals surface area contributed by atoms with Gasteiger partial charge < -0.3 is 15.2 Å². The van der Waals surface area contributed by atoms with Crippen LogP contribution in [-0.4, -0.2) is 23.1 Å². The minimum absolute atomic E-state index is 0.865. The van der Waals surface area contributed by atoms with Crippen LogP contribution in [-0.2, 0) is 13.1 Å². The first-order valence-corrected chi connectivity index (χ1v) is 9.36. The van der Waals surface area contributed by atoms with Gasteiger partial charge in [-0.15, -0.1) is 0 Å². The molecule has 0 aliphatic carbocycles. The molecule has 130 valence electrons.